The van der Waals surface area contributed by atoms with Gasteiger partial charge in [-0.3, -0.25) is 9.59 Å². The van der Waals surface area contributed by atoms with Crippen LogP contribution in [-0.2, 0) is 28.6 Å². The van der Waals surface area contributed by atoms with E-state index in [9.17, 15) is 19.5 Å². The third-order valence-corrected chi connectivity index (χ3v) is 5.73. The third-order valence-electron chi connectivity index (χ3n) is 5.73. The van der Waals surface area contributed by atoms with Crippen molar-refractivity contribution in [3.05, 3.63) is 24.3 Å². The maximum Gasteiger partial charge on any atom is 0.340 e. The Bertz CT molecular complexity index is 704. The Balaban J connectivity index is 2.56. The topological polar surface area (TPSA) is 99.1 Å². The van der Waals surface area contributed by atoms with Crippen LogP contribution in [0.25, 0.3) is 0 Å². The van der Waals surface area contributed by atoms with E-state index in [1.807, 2.05) is 6.08 Å². The van der Waals surface area contributed by atoms with Crippen molar-refractivity contribution in [3.8, 4) is 0 Å². The molecule has 1 N–H and O–H groups in total. The second kappa shape index (κ2) is 15.0. The summed E-state index contributed by atoms with van der Waals surface area (Å²) in [6.07, 6.45) is 17.4. The van der Waals surface area contributed by atoms with Crippen LogP contribution in [0.4, 0.5) is 0 Å². The standard InChI is InChI=1S/C27H44O7/c1-6-7-8-9-10-11-12-13-14-15-16-17-18-21-19-22(24(29)33-21)27(31,20-23(28)32-5)25(30)34-26(2,3)4/h13-14,17-18,21-22,31H,6-12,15-16,19-20H2,1-5H3/b14-13-,18-17+/t21-,22-,27+/m0/s1. The molecule has 0 saturated carbocycles. The first-order valence-corrected chi connectivity index (χ1v) is 12.6. The van der Waals surface area contributed by atoms with Crippen LogP contribution in [0, 0.1) is 5.92 Å². The molecule has 0 aliphatic carbocycles. The summed E-state index contributed by atoms with van der Waals surface area (Å²) in [7, 11) is 1.15. The fraction of sp³-hybridized carbons (Fsp3) is 0.741. The first-order valence-electron chi connectivity index (χ1n) is 12.6. The van der Waals surface area contributed by atoms with Crippen LogP contribution in [0.15, 0.2) is 24.3 Å². The van der Waals surface area contributed by atoms with Gasteiger partial charge in [0.25, 0.3) is 0 Å². The van der Waals surface area contributed by atoms with Crippen molar-refractivity contribution in [1.29, 1.82) is 0 Å². The second-order valence-corrected chi connectivity index (χ2v) is 9.98. The van der Waals surface area contributed by atoms with E-state index in [-0.39, 0.29) is 6.42 Å². The number of esters is 3. The quantitative estimate of drug-likeness (QED) is 0.149. The van der Waals surface area contributed by atoms with Crippen LogP contribution in [0.2, 0.25) is 0 Å². The molecule has 0 aromatic rings. The summed E-state index contributed by atoms with van der Waals surface area (Å²) >= 11 is 0. The summed E-state index contributed by atoms with van der Waals surface area (Å²) in [6, 6.07) is 0. The Kier molecular flexibility index (Phi) is 13.2. The average molecular weight is 481 g/mol. The maximum atomic E-state index is 12.7. The van der Waals surface area contributed by atoms with Gasteiger partial charge in [0.15, 0.2) is 5.60 Å². The van der Waals surface area contributed by atoms with Crippen LogP contribution in [0.5, 0.6) is 0 Å². The average Bonchev–Trinajstić information content (AvgIpc) is 3.14. The number of unbranched alkanes of at least 4 members (excludes halogenated alkanes) is 7. The number of hydrogen-bond donors (Lipinski definition) is 1. The molecule has 7 nitrogen and oxygen atoms in total. The monoisotopic (exact) mass is 480 g/mol. The van der Waals surface area contributed by atoms with Crippen molar-refractivity contribution in [3.63, 3.8) is 0 Å². The van der Waals surface area contributed by atoms with E-state index in [1.54, 1.807) is 26.8 Å². The van der Waals surface area contributed by atoms with Gasteiger partial charge in [-0.2, -0.15) is 0 Å². The molecule has 1 aliphatic heterocycles. The molecular formula is C27H44O7. The molecule has 1 aliphatic rings. The van der Waals surface area contributed by atoms with Crippen LogP contribution in [0.3, 0.4) is 0 Å². The van der Waals surface area contributed by atoms with Gasteiger partial charge in [0.1, 0.15) is 17.6 Å². The van der Waals surface area contributed by atoms with Gasteiger partial charge in [0.2, 0.25) is 0 Å². The van der Waals surface area contributed by atoms with Crippen molar-refractivity contribution in [2.24, 2.45) is 5.92 Å². The van der Waals surface area contributed by atoms with Crippen molar-refractivity contribution < 1.29 is 33.7 Å². The van der Waals surface area contributed by atoms with Gasteiger partial charge in [0.05, 0.1) is 13.5 Å². The summed E-state index contributed by atoms with van der Waals surface area (Å²) in [5.41, 5.74) is -3.25. The number of cyclic esters (lactones) is 1. The maximum absolute atomic E-state index is 12.7. The van der Waals surface area contributed by atoms with E-state index in [0.29, 0.717) is 0 Å². The molecule has 0 spiro atoms. The molecule has 194 valence electrons. The number of carbonyl (C=O) groups is 3. The van der Waals surface area contributed by atoms with Crippen molar-refractivity contribution >= 4 is 17.9 Å². The van der Waals surface area contributed by atoms with E-state index < -0.39 is 47.6 Å². The normalized spacial score (nSPS) is 20.5. The molecule has 0 radical (unpaired) electrons. The zero-order valence-corrected chi connectivity index (χ0v) is 21.6. The predicted molar refractivity (Wildman–Crippen MR) is 131 cm³/mol. The van der Waals surface area contributed by atoms with Crippen LogP contribution >= 0.6 is 0 Å². The highest BCUT2D eigenvalue weighted by Crippen LogP contribution is 2.36. The van der Waals surface area contributed by atoms with Crippen LogP contribution in [0.1, 0.15) is 98.3 Å². The molecule has 0 amide bonds. The zero-order chi connectivity index (χ0) is 25.6. The van der Waals surface area contributed by atoms with E-state index in [1.165, 1.54) is 38.5 Å². The van der Waals surface area contributed by atoms with Gasteiger partial charge in [-0.25, -0.2) is 4.79 Å². The molecule has 0 unspecified atom stereocenters. The lowest BCUT2D eigenvalue weighted by molar-refractivity contribution is -0.190. The highest BCUT2D eigenvalue weighted by molar-refractivity contribution is 5.92. The first-order chi connectivity index (χ1) is 16.0. The van der Waals surface area contributed by atoms with Crippen LogP contribution in [-0.4, -0.2) is 47.4 Å². The van der Waals surface area contributed by atoms with Gasteiger partial charge in [-0.1, -0.05) is 57.3 Å². The highest BCUT2D eigenvalue weighted by atomic mass is 16.6. The predicted octanol–water partition coefficient (Wildman–Crippen LogP) is 5.20. The molecule has 1 fully saturated rings. The molecular weight excluding hydrogens is 436 g/mol. The number of hydrogen-bond acceptors (Lipinski definition) is 7. The number of ether oxygens (including phenoxy) is 3. The summed E-state index contributed by atoms with van der Waals surface area (Å²) in [6.45, 7) is 7.15. The Hall–Kier alpha value is -2.15. The Morgan fingerprint density at radius 2 is 1.65 bits per heavy atom. The summed E-state index contributed by atoms with van der Waals surface area (Å²) < 4.78 is 15.3. The van der Waals surface area contributed by atoms with E-state index in [0.717, 1.165) is 26.4 Å². The third kappa shape index (κ3) is 10.9. The zero-order valence-electron chi connectivity index (χ0n) is 21.6. The lowest BCUT2D eigenvalue weighted by atomic mass is 9.82. The molecule has 0 bridgehead atoms. The lowest BCUT2D eigenvalue weighted by Crippen LogP contribution is -2.52. The lowest BCUT2D eigenvalue weighted by Gasteiger charge is -2.31. The van der Waals surface area contributed by atoms with E-state index in [2.05, 4.69) is 23.8 Å². The van der Waals surface area contributed by atoms with E-state index >= 15 is 0 Å². The molecule has 7 heteroatoms. The first kappa shape index (κ1) is 29.9. The van der Waals surface area contributed by atoms with E-state index in [4.69, 9.17) is 9.47 Å². The number of carbonyl (C=O) groups excluding carboxylic acids is 3. The summed E-state index contributed by atoms with van der Waals surface area (Å²) in [5.74, 6) is -3.79. The minimum absolute atomic E-state index is 0.0793. The molecule has 0 aromatic heterocycles. The number of rotatable bonds is 15. The minimum Gasteiger partial charge on any atom is -0.469 e. The second-order valence-electron chi connectivity index (χ2n) is 9.98. The van der Waals surface area contributed by atoms with Crippen LogP contribution < -0.4 is 0 Å². The molecule has 34 heavy (non-hydrogen) atoms. The van der Waals surface area contributed by atoms with Gasteiger partial charge < -0.3 is 19.3 Å². The largest absolute Gasteiger partial charge is 0.469 e. The van der Waals surface area contributed by atoms with Gasteiger partial charge >= 0.3 is 17.9 Å². The molecule has 1 heterocycles. The molecule has 1 rings (SSSR count). The minimum atomic E-state index is -2.35. The Labute approximate surface area is 204 Å². The number of allylic oxidation sites excluding steroid dienone is 3. The smallest absolute Gasteiger partial charge is 0.340 e. The fourth-order valence-electron chi connectivity index (χ4n) is 3.83. The van der Waals surface area contributed by atoms with Gasteiger partial charge in [0, 0.05) is 6.42 Å². The number of aliphatic hydroxyl groups is 1. The summed E-state index contributed by atoms with van der Waals surface area (Å²) in [4.78, 5) is 37.1. The van der Waals surface area contributed by atoms with Crippen molar-refractivity contribution in [2.45, 2.75) is 116 Å². The van der Waals surface area contributed by atoms with Crippen molar-refractivity contribution in [1.82, 2.24) is 0 Å². The molecule has 0 aromatic carbocycles. The van der Waals surface area contributed by atoms with Gasteiger partial charge in [-0.15, -0.1) is 0 Å². The van der Waals surface area contributed by atoms with Gasteiger partial charge in [-0.05, 0) is 52.5 Å². The molecule has 1 saturated heterocycles. The SMILES string of the molecule is CCCCCCCC/C=C\CC/C=C/[C@H]1C[C@H]([C@](O)(CC(=O)OC)C(=O)OC(C)(C)C)C(=O)O1. The Morgan fingerprint density at radius 1 is 1.03 bits per heavy atom. The highest BCUT2D eigenvalue weighted by Gasteiger charge is 2.56. The molecule has 3 atom stereocenters. The Morgan fingerprint density at radius 3 is 2.29 bits per heavy atom. The fourth-order valence-corrected chi connectivity index (χ4v) is 3.83. The number of methoxy groups -OCH3 is 1. The summed E-state index contributed by atoms with van der Waals surface area (Å²) in [5, 5.41) is 11.1. The van der Waals surface area contributed by atoms with Crippen molar-refractivity contribution in [2.75, 3.05) is 7.11 Å².